The number of rotatable bonds is 6. The van der Waals surface area contributed by atoms with Gasteiger partial charge in [-0.3, -0.25) is 19.1 Å². The third-order valence-corrected chi connectivity index (χ3v) is 8.27. The van der Waals surface area contributed by atoms with E-state index in [-0.39, 0.29) is 17.4 Å². The van der Waals surface area contributed by atoms with Crippen LogP contribution in [0.4, 0.5) is 0 Å². The number of hydrogen-bond acceptors (Lipinski definition) is 8. The first kappa shape index (κ1) is 26.6. The Kier molecular flexibility index (Phi) is 7.62. The second-order valence-corrected chi connectivity index (χ2v) is 11.0. The van der Waals surface area contributed by atoms with Crippen LogP contribution in [0.3, 0.4) is 0 Å². The van der Waals surface area contributed by atoms with Crippen molar-refractivity contribution in [3.05, 3.63) is 46.4 Å². The van der Waals surface area contributed by atoms with Crippen molar-refractivity contribution in [2.24, 2.45) is 5.92 Å². The zero-order valence-corrected chi connectivity index (χ0v) is 22.9. The maximum Gasteiger partial charge on any atom is 0.268 e. The molecule has 2 N–H and O–H groups in total. The molecule has 3 aromatic rings. The SMILES string of the molecule is CC1CCC(NC(=O)c2c(O)c3cc(-c4ccc5c(c4)OCCO5)cnc3n(CCN3CCOCC3)c2=O)CC1. The molecule has 40 heavy (non-hydrogen) atoms. The highest BCUT2D eigenvalue weighted by Crippen LogP contribution is 2.36. The zero-order valence-electron chi connectivity index (χ0n) is 22.9. The van der Waals surface area contributed by atoms with E-state index in [4.69, 9.17) is 14.2 Å². The summed E-state index contributed by atoms with van der Waals surface area (Å²) in [6.45, 7) is 6.99. The second kappa shape index (κ2) is 11.5. The fourth-order valence-electron chi connectivity index (χ4n) is 5.84. The molecule has 0 spiro atoms. The molecule has 1 saturated carbocycles. The van der Waals surface area contributed by atoms with Gasteiger partial charge in [0.25, 0.3) is 11.5 Å². The molecule has 0 bridgehead atoms. The number of morpholine rings is 1. The summed E-state index contributed by atoms with van der Waals surface area (Å²) in [5.41, 5.74) is 1.14. The Balaban J connectivity index is 1.39. The van der Waals surface area contributed by atoms with Crippen LogP contribution < -0.4 is 20.3 Å². The van der Waals surface area contributed by atoms with E-state index in [0.717, 1.165) is 49.9 Å². The predicted octanol–water partition coefficient (Wildman–Crippen LogP) is 3.18. The summed E-state index contributed by atoms with van der Waals surface area (Å²) >= 11 is 0. The van der Waals surface area contributed by atoms with Crippen molar-refractivity contribution >= 4 is 16.9 Å². The summed E-state index contributed by atoms with van der Waals surface area (Å²) < 4.78 is 18.4. The Morgan fingerprint density at radius 3 is 2.52 bits per heavy atom. The molecule has 0 radical (unpaired) electrons. The fraction of sp³-hybridized carbons (Fsp3) is 0.500. The van der Waals surface area contributed by atoms with Crippen LogP contribution in [0.25, 0.3) is 22.2 Å². The number of aromatic hydroxyl groups is 1. The maximum atomic E-state index is 13.8. The summed E-state index contributed by atoms with van der Waals surface area (Å²) in [6.07, 6.45) is 5.47. The quantitative estimate of drug-likeness (QED) is 0.483. The van der Waals surface area contributed by atoms with E-state index in [1.54, 1.807) is 12.3 Å². The van der Waals surface area contributed by atoms with Crippen LogP contribution in [0.5, 0.6) is 17.2 Å². The van der Waals surface area contributed by atoms with Crippen molar-refractivity contribution in [2.45, 2.75) is 45.2 Å². The molecule has 2 fully saturated rings. The molecule has 6 rings (SSSR count). The van der Waals surface area contributed by atoms with Gasteiger partial charge in [0.15, 0.2) is 11.5 Å². The Morgan fingerprint density at radius 2 is 1.75 bits per heavy atom. The van der Waals surface area contributed by atoms with E-state index in [1.165, 1.54) is 4.57 Å². The smallest absolute Gasteiger partial charge is 0.268 e. The van der Waals surface area contributed by atoms with Crippen LogP contribution >= 0.6 is 0 Å². The summed E-state index contributed by atoms with van der Waals surface area (Å²) in [5, 5.41) is 14.8. The number of carbonyl (C=O) groups excluding carboxylic acids is 1. The lowest BCUT2D eigenvalue weighted by molar-refractivity contribution is 0.0364. The van der Waals surface area contributed by atoms with Crippen LogP contribution in [0.15, 0.2) is 35.3 Å². The normalized spacial score (nSPS) is 21.3. The van der Waals surface area contributed by atoms with Crippen molar-refractivity contribution in [3.8, 4) is 28.4 Å². The number of nitrogens with one attached hydrogen (secondary N) is 1. The van der Waals surface area contributed by atoms with Crippen LogP contribution in [0, 0.1) is 5.92 Å². The van der Waals surface area contributed by atoms with Gasteiger partial charge >= 0.3 is 0 Å². The zero-order chi connectivity index (χ0) is 27.6. The minimum absolute atomic E-state index is 0.0119. The maximum absolute atomic E-state index is 13.8. The van der Waals surface area contributed by atoms with Crippen molar-refractivity contribution in [2.75, 3.05) is 46.1 Å². The van der Waals surface area contributed by atoms with Gasteiger partial charge in [-0.2, -0.15) is 0 Å². The number of aromatic nitrogens is 2. The molecule has 1 aliphatic carbocycles. The van der Waals surface area contributed by atoms with Gasteiger partial charge in [0, 0.05) is 44.0 Å². The van der Waals surface area contributed by atoms with Gasteiger partial charge in [-0.15, -0.1) is 0 Å². The number of carbonyl (C=O) groups is 1. The largest absolute Gasteiger partial charge is 0.506 e. The third-order valence-electron chi connectivity index (χ3n) is 8.27. The number of hydrogen-bond donors (Lipinski definition) is 2. The van der Waals surface area contributed by atoms with Gasteiger partial charge < -0.3 is 24.6 Å². The van der Waals surface area contributed by atoms with Gasteiger partial charge in [0.1, 0.15) is 30.2 Å². The first-order chi connectivity index (χ1) is 19.5. The van der Waals surface area contributed by atoms with Crippen LogP contribution in [-0.4, -0.2) is 77.6 Å². The molecule has 1 saturated heterocycles. The molecule has 2 aromatic heterocycles. The first-order valence-electron chi connectivity index (χ1n) is 14.2. The molecule has 212 valence electrons. The number of ether oxygens (including phenoxy) is 3. The van der Waals surface area contributed by atoms with E-state index >= 15 is 0 Å². The summed E-state index contributed by atoms with van der Waals surface area (Å²) in [7, 11) is 0. The van der Waals surface area contributed by atoms with E-state index in [1.807, 2.05) is 18.2 Å². The van der Waals surface area contributed by atoms with E-state index in [9.17, 15) is 14.7 Å². The molecule has 4 heterocycles. The van der Waals surface area contributed by atoms with Crippen molar-refractivity contribution < 1.29 is 24.1 Å². The van der Waals surface area contributed by atoms with Crippen molar-refractivity contribution in [1.82, 2.24) is 19.8 Å². The Bertz CT molecular complexity index is 1460. The number of amides is 1. The first-order valence-corrected chi connectivity index (χ1v) is 14.2. The molecule has 1 aromatic carbocycles. The van der Waals surface area contributed by atoms with Crippen LogP contribution in [-0.2, 0) is 11.3 Å². The van der Waals surface area contributed by atoms with Gasteiger partial charge in [-0.25, -0.2) is 4.98 Å². The average molecular weight is 549 g/mol. The van der Waals surface area contributed by atoms with Gasteiger partial charge in [-0.05, 0) is 55.4 Å². The fourth-order valence-corrected chi connectivity index (χ4v) is 5.84. The molecule has 3 aliphatic rings. The molecular weight excluding hydrogens is 512 g/mol. The van der Waals surface area contributed by atoms with Gasteiger partial charge in [-0.1, -0.05) is 13.0 Å². The van der Waals surface area contributed by atoms with Gasteiger partial charge in [0.05, 0.1) is 18.6 Å². The Labute approximate surface area is 232 Å². The molecule has 10 nitrogen and oxygen atoms in total. The Morgan fingerprint density at radius 1 is 1.00 bits per heavy atom. The van der Waals surface area contributed by atoms with E-state index in [0.29, 0.717) is 68.0 Å². The monoisotopic (exact) mass is 548 g/mol. The number of benzene rings is 1. The predicted molar refractivity (Wildman–Crippen MR) is 150 cm³/mol. The Hall–Kier alpha value is -3.63. The van der Waals surface area contributed by atoms with Crippen LogP contribution in [0.1, 0.15) is 43.0 Å². The molecule has 1 amide bonds. The van der Waals surface area contributed by atoms with Crippen molar-refractivity contribution in [3.63, 3.8) is 0 Å². The minimum atomic E-state index is -0.534. The minimum Gasteiger partial charge on any atom is -0.506 e. The molecule has 2 aliphatic heterocycles. The number of fused-ring (bicyclic) bond motifs is 2. The van der Waals surface area contributed by atoms with E-state index < -0.39 is 11.5 Å². The average Bonchev–Trinajstić information content (AvgIpc) is 2.98. The third kappa shape index (κ3) is 5.38. The van der Waals surface area contributed by atoms with E-state index in [2.05, 4.69) is 22.1 Å². The summed E-state index contributed by atoms with van der Waals surface area (Å²) in [4.78, 5) is 34.1. The second-order valence-electron chi connectivity index (χ2n) is 11.0. The standard InChI is InChI=1S/C30H36N4O6/c1-19-2-5-22(6-3-19)32-29(36)26-27(35)23-16-21(20-4-7-24-25(17-20)40-15-14-39-24)18-31-28(23)34(30(26)37)9-8-33-10-12-38-13-11-33/h4,7,16-19,22,35H,2-3,5-6,8-15H2,1H3,(H,32,36). The topological polar surface area (TPSA) is 115 Å². The highest BCUT2D eigenvalue weighted by molar-refractivity contribution is 6.02. The molecule has 0 atom stereocenters. The van der Waals surface area contributed by atoms with Crippen LogP contribution in [0.2, 0.25) is 0 Å². The van der Waals surface area contributed by atoms with Gasteiger partial charge in [0.2, 0.25) is 0 Å². The lowest BCUT2D eigenvalue weighted by Gasteiger charge is -2.28. The molecule has 10 heteroatoms. The summed E-state index contributed by atoms with van der Waals surface area (Å²) in [5.74, 6) is 1.08. The molecule has 0 unspecified atom stereocenters. The lowest BCUT2D eigenvalue weighted by atomic mass is 9.87. The number of nitrogens with zero attached hydrogens (tertiary/aromatic N) is 3. The molecular formula is C30H36N4O6. The highest BCUT2D eigenvalue weighted by Gasteiger charge is 2.27. The van der Waals surface area contributed by atoms with Crippen molar-refractivity contribution in [1.29, 1.82) is 0 Å². The lowest BCUT2D eigenvalue weighted by Crippen LogP contribution is -2.42. The summed E-state index contributed by atoms with van der Waals surface area (Å²) in [6, 6.07) is 7.40. The highest BCUT2D eigenvalue weighted by atomic mass is 16.6. The number of pyridine rings is 2.